The molecule has 0 aromatic carbocycles. The van der Waals surface area contributed by atoms with Crippen LogP contribution in [0, 0.1) is 0 Å². The van der Waals surface area contributed by atoms with E-state index in [9.17, 15) is 4.79 Å². The van der Waals surface area contributed by atoms with Crippen molar-refractivity contribution in [1.29, 1.82) is 0 Å². The highest BCUT2D eigenvalue weighted by molar-refractivity contribution is 7.16. The fraction of sp³-hybridized carbons (Fsp3) is 0.583. The smallest absolute Gasteiger partial charge is 0.251 e. The Morgan fingerprint density at radius 1 is 1.47 bits per heavy atom. The van der Waals surface area contributed by atoms with Crippen LogP contribution in [0.5, 0.6) is 0 Å². The van der Waals surface area contributed by atoms with Crippen LogP contribution in [0.1, 0.15) is 41.6 Å². The molecule has 1 aromatic heterocycles. The molecule has 2 rings (SSSR count). The van der Waals surface area contributed by atoms with Gasteiger partial charge in [-0.05, 0) is 39.3 Å². The lowest BCUT2D eigenvalue weighted by Gasteiger charge is -2.21. The van der Waals surface area contributed by atoms with Gasteiger partial charge in [0.05, 0.1) is 5.56 Å². The summed E-state index contributed by atoms with van der Waals surface area (Å²) < 4.78 is 0. The van der Waals surface area contributed by atoms with Crippen molar-refractivity contribution >= 4 is 22.2 Å². The summed E-state index contributed by atoms with van der Waals surface area (Å²) in [7, 11) is 0. The largest absolute Gasteiger partial charge is 0.372 e. The molecular formula is C12H19N3OS. The maximum absolute atomic E-state index is 11.6. The van der Waals surface area contributed by atoms with Crippen LogP contribution >= 0.6 is 11.3 Å². The average Bonchev–Trinajstić information content (AvgIpc) is 2.51. The maximum atomic E-state index is 11.6. The Labute approximate surface area is 106 Å². The van der Waals surface area contributed by atoms with Crippen LogP contribution in [0.4, 0.5) is 5.00 Å². The van der Waals surface area contributed by atoms with Crippen LogP contribution in [0.3, 0.4) is 0 Å². The number of rotatable bonds is 2. The number of carbonyl (C=O) groups is 1. The Balaban J connectivity index is 2.44. The summed E-state index contributed by atoms with van der Waals surface area (Å²) in [5.41, 5.74) is 7.27. The molecule has 0 saturated heterocycles. The van der Waals surface area contributed by atoms with Crippen molar-refractivity contribution in [2.24, 2.45) is 5.73 Å². The van der Waals surface area contributed by atoms with Crippen molar-refractivity contribution in [2.75, 3.05) is 11.9 Å². The summed E-state index contributed by atoms with van der Waals surface area (Å²) in [4.78, 5) is 12.8. The zero-order valence-corrected chi connectivity index (χ0v) is 11.3. The highest BCUT2D eigenvalue weighted by Crippen LogP contribution is 2.36. The number of nitrogens with one attached hydrogen (secondary N) is 2. The standard InChI is InChI=1S/C12H19N3OS/c1-12(2,3)15-11-9(10(13)16)7-4-5-14-6-8(7)17-11/h14-15H,4-6H2,1-3H3,(H2,13,16). The number of hydrogen-bond acceptors (Lipinski definition) is 4. The van der Waals surface area contributed by atoms with E-state index in [0.717, 1.165) is 30.1 Å². The van der Waals surface area contributed by atoms with E-state index >= 15 is 0 Å². The number of hydrogen-bond donors (Lipinski definition) is 3. The second kappa shape index (κ2) is 4.31. The lowest BCUT2D eigenvalue weighted by atomic mass is 10.0. The second-order valence-corrected chi connectivity index (χ2v) is 6.48. The molecule has 0 fully saturated rings. The third-order valence-corrected chi connectivity index (χ3v) is 3.81. The van der Waals surface area contributed by atoms with Crippen molar-refractivity contribution in [1.82, 2.24) is 5.32 Å². The first kappa shape index (κ1) is 12.4. The van der Waals surface area contributed by atoms with Gasteiger partial charge < -0.3 is 16.4 Å². The van der Waals surface area contributed by atoms with Gasteiger partial charge in [-0.2, -0.15) is 0 Å². The summed E-state index contributed by atoms with van der Waals surface area (Å²) in [6.45, 7) is 7.99. The van der Waals surface area contributed by atoms with E-state index in [2.05, 4.69) is 31.4 Å². The monoisotopic (exact) mass is 253 g/mol. The molecule has 1 aromatic rings. The minimum Gasteiger partial charge on any atom is -0.372 e. The summed E-state index contributed by atoms with van der Waals surface area (Å²) in [6, 6.07) is 0. The van der Waals surface area contributed by atoms with Gasteiger partial charge in [0, 0.05) is 17.0 Å². The van der Waals surface area contributed by atoms with Crippen LogP contribution < -0.4 is 16.4 Å². The molecule has 1 aliphatic heterocycles. The van der Waals surface area contributed by atoms with Crippen LogP contribution in [0.2, 0.25) is 0 Å². The highest BCUT2D eigenvalue weighted by Gasteiger charge is 2.25. The van der Waals surface area contributed by atoms with Gasteiger partial charge in [0.15, 0.2) is 0 Å². The summed E-state index contributed by atoms with van der Waals surface area (Å²) >= 11 is 1.64. The fourth-order valence-electron chi connectivity index (χ4n) is 2.02. The number of carbonyl (C=O) groups excluding carboxylic acids is 1. The number of thiophene rings is 1. The molecule has 1 amide bonds. The van der Waals surface area contributed by atoms with E-state index in [-0.39, 0.29) is 11.4 Å². The van der Waals surface area contributed by atoms with E-state index in [1.165, 1.54) is 4.88 Å². The average molecular weight is 253 g/mol. The molecule has 1 aliphatic rings. The molecule has 0 unspecified atom stereocenters. The molecule has 0 atom stereocenters. The number of amides is 1. The number of fused-ring (bicyclic) bond motifs is 1. The van der Waals surface area contributed by atoms with Gasteiger partial charge in [-0.1, -0.05) is 0 Å². The minimum atomic E-state index is -0.323. The van der Waals surface area contributed by atoms with E-state index in [1.807, 2.05) is 0 Å². The third kappa shape index (κ3) is 2.61. The van der Waals surface area contributed by atoms with Crippen molar-refractivity contribution < 1.29 is 4.79 Å². The molecule has 5 heteroatoms. The van der Waals surface area contributed by atoms with E-state index in [0.29, 0.717) is 5.56 Å². The molecule has 0 aliphatic carbocycles. The molecule has 2 heterocycles. The van der Waals surface area contributed by atoms with E-state index in [1.54, 1.807) is 11.3 Å². The molecule has 17 heavy (non-hydrogen) atoms. The molecule has 0 spiro atoms. The van der Waals surface area contributed by atoms with E-state index in [4.69, 9.17) is 5.73 Å². The Morgan fingerprint density at radius 3 is 2.76 bits per heavy atom. The third-order valence-electron chi connectivity index (χ3n) is 2.66. The first-order valence-corrected chi connectivity index (χ1v) is 6.63. The zero-order chi connectivity index (χ0) is 12.6. The van der Waals surface area contributed by atoms with Gasteiger partial charge in [0.25, 0.3) is 5.91 Å². The SMILES string of the molecule is CC(C)(C)Nc1sc2c(c1C(N)=O)CCNC2. The highest BCUT2D eigenvalue weighted by atomic mass is 32.1. The van der Waals surface area contributed by atoms with Crippen molar-refractivity contribution in [3.8, 4) is 0 Å². The summed E-state index contributed by atoms with van der Waals surface area (Å²) in [5, 5.41) is 7.61. The quantitative estimate of drug-likeness (QED) is 0.751. The van der Waals surface area contributed by atoms with Crippen LogP contribution in [-0.2, 0) is 13.0 Å². The van der Waals surface area contributed by atoms with Crippen molar-refractivity contribution in [3.63, 3.8) is 0 Å². The molecule has 0 radical (unpaired) electrons. The normalized spacial score (nSPS) is 15.5. The molecule has 4 nitrogen and oxygen atoms in total. The Bertz CT molecular complexity index is 445. The lowest BCUT2D eigenvalue weighted by Crippen LogP contribution is -2.28. The molecule has 94 valence electrons. The van der Waals surface area contributed by atoms with Gasteiger partial charge in [-0.15, -0.1) is 11.3 Å². The van der Waals surface area contributed by atoms with Crippen molar-refractivity contribution in [2.45, 2.75) is 39.3 Å². The first-order chi connectivity index (χ1) is 7.88. The number of anilines is 1. The van der Waals surface area contributed by atoms with E-state index < -0.39 is 0 Å². The summed E-state index contributed by atoms with van der Waals surface area (Å²) in [5.74, 6) is -0.323. The Hall–Kier alpha value is -1.07. The number of primary amides is 1. The number of nitrogens with two attached hydrogens (primary N) is 1. The van der Waals surface area contributed by atoms with Crippen LogP contribution in [-0.4, -0.2) is 18.0 Å². The second-order valence-electron chi connectivity index (χ2n) is 5.37. The van der Waals surface area contributed by atoms with Gasteiger partial charge in [-0.25, -0.2) is 0 Å². The minimum absolute atomic E-state index is 0.0644. The van der Waals surface area contributed by atoms with Crippen LogP contribution in [0.25, 0.3) is 0 Å². The molecule has 0 saturated carbocycles. The lowest BCUT2D eigenvalue weighted by molar-refractivity contribution is 0.100. The predicted octanol–water partition coefficient (Wildman–Crippen LogP) is 1.70. The predicted molar refractivity (Wildman–Crippen MR) is 71.6 cm³/mol. The van der Waals surface area contributed by atoms with Gasteiger partial charge in [-0.3, -0.25) is 4.79 Å². The van der Waals surface area contributed by atoms with Crippen LogP contribution in [0.15, 0.2) is 0 Å². The molecular weight excluding hydrogens is 234 g/mol. The Morgan fingerprint density at radius 2 is 2.18 bits per heavy atom. The maximum Gasteiger partial charge on any atom is 0.251 e. The first-order valence-electron chi connectivity index (χ1n) is 5.82. The molecule has 0 bridgehead atoms. The van der Waals surface area contributed by atoms with Gasteiger partial charge in [0.1, 0.15) is 5.00 Å². The Kier molecular flexibility index (Phi) is 3.14. The summed E-state index contributed by atoms with van der Waals surface area (Å²) in [6.07, 6.45) is 0.885. The van der Waals surface area contributed by atoms with Gasteiger partial charge >= 0.3 is 0 Å². The fourth-order valence-corrected chi connectivity index (χ4v) is 3.46. The van der Waals surface area contributed by atoms with Crippen molar-refractivity contribution in [3.05, 3.63) is 16.0 Å². The molecule has 4 N–H and O–H groups in total. The van der Waals surface area contributed by atoms with Gasteiger partial charge in [0.2, 0.25) is 0 Å². The topological polar surface area (TPSA) is 67.1 Å². The zero-order valence-electron chi connectivity index (χ0n) is 10.5.